The van der Waals surface area contributed by atoms with Crippen molar-refractivity contribution in [1.82, 2.24) is 0 Å². The number of ether oxygens (including phenoxy) is 1. The minimum absolute atomic E-state index is 0.194. The van der Waals surface area contributed by atoms with Crippen molar-refractivity contribution < 1.29 is 9.53 Å². The van der Waals surface area contributed by atoms with Gasteiger partial charge in [-0.2, -0.15) is 0 Å². The van der Waals surface area contributed by atoms with Crippen LogP contribution in [0.4, 0.5) is 0 Å². The molecule has 3 saturated carbocycles. The molecule has 0 amide bonds. The fourth-order valence-corrected chi connectivity index (χ4v) is 4.65. The molecule has 3 aliphatic carbocycles. The number of hydrogen-bond donors (Lipinski definition) is 0. The zero-order valence-corrected chi connectivity index (χ0v) is 11.1. The van der Waals surface area contributed by atoms with Crippen LogP contribution in [-0.4, -0.2) is 11.6 Å². The van der Waals surface area contributed by atoms with Crippen LogP contribution >= 0.6 is 0 Å². The maximum atomic E-state index is 11.9. The van der Waals surface area contributed by atoms with Crippen LogP contribution in [0.5, 0.6) is 0 Å². The van der Waals surface area contributed by atoms with E-state index in [0.717, 1.165) is 5.92 Å². The van der Waals surface area contributed by atoms with Crippen LogP contribution in [-0.2, 0) is 9.53 Å². The Morgan fingerprint density at radius 1 is 1.29 bits per heavy atom. The fourth-order valence-electron chi connectivity index (χ4n) is 4.65. The van der Waals surface area contributed by atoms with Crippen molar-refractivity contribution in [3.8, 4) is 0 Å². The molecule has 0 radical (unpaired) electrons. The van der Waals surface area contributed by atoms with Crippen LogP contribution in [0.15, 0.2) is 12.2 Å². The number of esters is 1. The first-order valence-corrected chi connectivity index (χ1v) is 6.74. The predicted molar refractivity (Wildman–Crippen MR) is 66.4 cm³/mol. The highest BCUT2D eigenvalue weighted by Gasteiger charge is 2.77. The van der Waals surface area contributed by atoms with Gasteiger partial charge in [-0.25, -0.2) is 4.79 Å². The highest BCUT2D eigenvalue weighted by atomic mass is 16.6. The first kappa shape index (κ1) is 11.3. The molecule has 3 rings (SSSR count). The van der Waals surface area contributed by atoms with Gasteiger partial charge in [0.1, 0.15) is 5.60 Å². The van der Waals surface area contributed by atoms with E-state index in [9.17, 15) is 4.79 Å². The molecule has 17 heavy (non-hydrogen) atoms. The second kappa shape index (κ2) is 2.96. The van der Waals surface area contributed by atoms with E-state index in [4.69, 9.17) is 4.74 Å². The van der Waals surface area contributed by atoms with Crippen LogP contribution in [0.3, 0.4) is 0 Å². The van der Waals surface area contributed by atoms with Gasteiger partial charge < -0.3 is 4.74 Å². The molecular weight excluding hydrogens is 212 g/mol. The Bertz CT molecular complexity index is 403. The average Bonchev–Trinajstić information content (AvgIpc) is 2.92. The second-order valence-electron chi connectivity index (χ2n) is 6.86. The van der Waals surface area contributed by atoms with Crippen molar-refractivity contribution in [2.45, 2.75) is 58.5 Å². The summed E-state index contributed by atoms with van der Waals surface area (Å²) in [6.07, 6.45) is 6.27. The number of fused-ring (bicyclic) bond motifs is 3. The maximum Gasteiger partial charge on any atom is 0.333 e. The number of carbonyl (C=O) groups excluding carboxylic acids is 1. The first-order chi connectivity index (χ1) is 7.85. The molecule has 0 N–H and O–H groups in total. The summed E-state index contributed by atoms with van der Waals surface area (Å²) < 4.78 is 5.94. The van der Waals surface area contributed by atoms with Crippen LogP contribution in [0.1, 0.15) is 52.9 Å². The number of rotatable bonds is 2. The van der Waals surface area contributed by atoms with Crippen molar-refractivity contribution in [2.75, 3.05) is 0 Å². The van der Waals surface area contributed by atoms with E-state index in [2.05, 4.69) is 20.4 Å². The molecular formula is C15H22O2. The lowest BCUT2D eigenvalue weighted by molar-refractivity contribution is -0.179. The Hall–Kier alpha value is -0.790. The summed E-state index contributed by atoms with van der Waals surface area (Å²) in [4.78, 5) is 11.9. The van der Waals surface area contributed by atoms with Gasteiger partial charge in [-0.3, -0.25) is 0 Å². The summed E-state index contributed by atoms with van der Waals surface area (Å²) in [5.74, 6) is 0.586. The summed E-state index contributed by atoms with van der Waals surface area (Å²) >= 11 is 0. The van der Waals surface area contributed by atoms with Crippen molar-refractivity contribution in [2.24, 2.45) is 16.7 Å². The lowest BCUT2D eigenvalue weighted by atomic mass is 9.66. The molecule has 2 heteroatoms. The Morgan fingerprint density at radius 3 is 2.47 bits per heavy atom. The Morgan fingerprint density at radius 2 is 1.94 bits per heavy atom. The molecule has 0 saturated heterocycles. The summed E-state index contributed by atoms with van der Waals surface area (Å²) in [6.45, 7) is 9.94. The molecule has 3 atom stereocenters. The normalized spacial score (nSPS) is 45.0. The predicted octanol–water partition coefficient (Wildman–Crippen LogP) is 3.46. The molecule has 0 aromatic carbocycles. The molecule has 0 aromatic rings. The zero-order valence-electron chi connectivity index (χ0n) is 11.1. The standard InChI is InChI=1S/C15H22O2/c1-10(2)12(16)17-14(4)13(3)6-5-11(9-13)15(14)7-8-15/h11H,1,5-9H2,2-4H3. The van der Waals surface area contributed by atoms with Gasteiger partial charge in [0, 0.05) is 16.4 Å². The molecule has 0 aliphatic heterocycles. The lowest BCUT2D eigenvalue weighted by Crippen LogP contribution is -2.51. The van der Waals surface area contributed by atoms with Gasteiger partial charge in [-0.1, -0.05) is 13.5 Å². The van der Waals surface area contributed by atoms with Gasteiger partial charge in [-0.05, 0) is 51.9 Å². The second-order valence-corrected chi connectivity index (χ2v) is 6.86. The minimum Gasteiger partial charge on any atom is -0.455 e. The van der Waals surface area contributed by atoms with Gasteiger partial charge in [0.25, 0.3) is 0 Å². The molecule has 3 unspecified atom stereocenters. The minimum atomic E-state index is -0.251. The Balaban J connectivity index is 1.95. The molecule has 2 nitrogen and oxygen atoms in total. The molecule has 0 heterocycles. The topological polar surface area (TPSA) is 26.3 Å². The lowest BCUT2D eigenvalue weighted by Gasteiger charge is -2.47. The van der Waals surface area contributed by atoms with Crippen molar-refractivity contribution >= 4 is 5.97 Å². The smallest absolute Gasteiger partial charge is 0.333 e. The molecule has 2 bridgehead atoms. The van der Waals surface area contributed by atoms with E-state index in [1.165, 1.54) is 32.1 Å². The van der Waals surface area contributed by atoms with Gasteiger partial charge in [-0.15, -0.1) is 0 Å². The molecule has 0 aromatic heterocycles. The van der Waals surface area contributed by atoms with Gasteiger partial charge in [0.15, 0.2) is 0 Å². The monoisotopic (exact) mass is 234 g/mol. The van der Waals surface area contributed by atoms with Gasteiger partial charge in [0.05, 0.1) is 0 Å². The van der Waals surface area contributed by atoms with E-state index in [-0.39, 0.29) is 17.0 Å². The third-order valence-corrected chi connectivity index (χ3v) is 6.06. The van der Waals surface area contributed by atoms with Crippen molar-refractivity contribution in [1.29, 1.82) is 0 Å². The van der Waals surface area contributed by atoms with E-state index in [1.54, 1.807) is 6.92 Å². The van der Waals surface area contributed by atoms with E-state index in [1.807, 2.05) is 0 Å². The van der Waals surface area contributed by atoms with E-state index >= 15 is 0 Å². The van der Waals surface area contributed by atoms with Gasteiger partial charge >= 0.3 is 5.97 Å². The summed E-state index contributed by atoms with van der Waals surface area (Å²) in [5, 5.41) is 0. The fraction of sp³-hybridized carbons (Fsp3) is 0.800. The maximum absolute atomic E-state index is 11.9. The Kier molecular flexibility index (Phi) is 1.97. The molecule has 3 fully saturated rings. The third-order valence-electron chi connectivity index (χ3n) is 6.06. The quantitative estimate of drug-likeness (QED) is 0.540. The third kappa shape index (κ3) is 1.14. The number of hydrogen-bond acceptors (Lipinski definition) is 2. The summed E-state index contributed by atoms with van der Waals surface area (Å²) in [6, 6.07) is 0. The van der Waals surface area contributed by atoms with Crippen molar-refractivity contribution in [3.63, 3.8) is 0 Å². The highest BCUT2D eigenvalue weighted by Crippen LogP contribution is 2.78. The molecule has 3 aliphatic rings. The van der Waals surface area contributed by atoms with Crippen LogP contribution < -0.4 is 0 Å². The van der Waals surface area contributed by atoms with Crippen LogP contribution in [0.2, 0.25) is 0 Å². The highest BCUT2D eigenvalue weighted by molar-refractivity contribution is 5.87. The van der Waals surface area contributed by atoms with E-state index < -0.39 is 0 Å². The first-order valence-electron chi connectivity index (χ1n) is 6.74. The zero-order chi connectivity index (χ0) is 12.5. The van der Waals surface area contributed by atoms with Crippen LogP contribution in [0, 0.1) is 16.7 Å². The van der Waals surface area contributed by atoms with Gasteiger partial charge in [0.2, 0.25) is 0 Å². The van der Waals surface area contributed by atoms with Crippen molar-refractivity contribution in [3.05, 3.63) is 12.2 Å². The Labute approximate surface area is 103 Å². The summed E-state index contributed by atoms with van der Waals surface area (Å²) in [7, 11) is 0. The number of carbonyl (C=O) groups is 1. The average molecular weight is 234 g/mol. The molecule has 1 spiro atoms. The van der Waals surface area contributed by atoms with E-state index in [0.29, 0.717) is 11.0 Å². The summed E-state index contributed by atoms with van der Waals surface area (Å²) in [5.41, 5.74) is 0.775. The SMILES string of the molecule is C=C(C)C(=O)OC1(C)C2(C)CCC(C2)C12CC2. The van der Waals surface area contributed by atoms with Crippen LogP contribution in [0.25, 0.3) is 0 Å². The largest absolute Gasteiger partial charge is 0.455 e. The molecule has 94 valence electrons.